The van der Waals surface area contributed by atoms with Crippen LogP contribution >= 0.6 is 0 Å². The molecule has 0 saturated carbocycles. The molecule has 3 heteroatoms. The quantitative estimate of drug-likeness (QED) is 0.866. The van der Waals surface area contributed by atoms with Gasteiger partial charge in [-0.25, -0.2) is 0 Å². The maximum atomic E-state index is 6.13. The van der Waals surface area contributed by atoms with Crippen molar-refractivity contribution in [1.82, 2.24) is 4.90 Å². The molecule has 1 aliphatic heterocycles. The molecule has 2 atom stereocenters. The lowest BCUT2D eigenvalue weighted by Crippen LogP contribution is -2.56. The van der Waals surface area contributed by atoms with Crippen LogP contribution in [0, 0.1) is 5.92 Å². The van der Waals surface area contributed by atoms with Crippen LogP contribution in [0.25, 0.3) is 0 Å². The first-order valence-electron chi connectivity index (χ1n) is 7.66. The second-order valence-corrected chi connectivity index (χ2v) is 6.27. The fourth-order valence-electron chi connectivity index (χ4n) is 3.28. The van der Waals surface area contributed by atoms with E-state index in [0.29, 0.717) is 12.5 Å². The average molecular weight is 276 g/mol. The van der Waals surface area contributed by atoms with Crippen molar-refractivity contribution in [3.63, 3.8) is 0 Å². The molecule has 1 fully saturated rings. The SMILES string of the molecule is COCC1CCCN(C(C)(CN)Cc2ccccc2)C1. The van der Waals surface area contributed by atoms with E-state index in [4.69, 9.17) is 10.5 Å². The molecule has 2 rings (SSSR count). The van der Waals surface area contributed by atoms with Crippen LogP contribution in [0.15, 0.2) is 30.3 Å². The molecule has 1 aromatic rings. The second kappa shape index (κ2) is 7.21. The van der Waals surface area contributed by atoms with Crippen LogP contribution in [-0.2, 0) is 11.2 Å². The maximum absolute atomic E-state index is 6.13. The van der Waals surface area contributed by atoms with Crippen LogP contribution in [0.2, 0.25) is 0 Å². The monoisotopic (exact) mass is 276 g/mol. The highest BCUT2D eigenvalue weighted by Crippen LogP contribution is 2.26. The molecule has 1 saturated heterocycles. The molecular formula is C17H28N2O. The van der Waals surface area contributed by atoms with Gasteiger partial charge in [-0.15, -0.1) is 0 Å². The zero-order valence-corrected chi connectivity index (χ0v) is 12.8. The molecule has 0 spiro atoms. The van der Waals surface area contributed by atoms with Crippen LogP contribution in [0.3, 0.4) is 0 Å². The van der Waals surface area contributed by atoms with Gasteiger partial charge in [-0.3, -0.25) is 4.90 Å². The smallest absolute Gasteiger partial charge is 0.0502 e. The van der Waals surface area contributed by atoms with E-state index in [9.17, 15) is 0 Å². The average Bonchev–Trinajstić information content (AvgIpc) is 2.49. The molecule has 2 unspecified atom stereocenters. The first-order chi connectivity index (χ1) is 9.68. The highest BCUT2D eigenvalue weighted by Gasteiger charge is 2.34. The largest absolute Gasteiger partial charge is 0.384 e. The van der Waals surface area contributed by atoms with Crippen LogP contribution in [0.1, 0.15) is 25.3 Å². The van der Waals surface area contributed by atoms with Gasteiger partial charge in [0.25, 0.3) is 0 Å². The Balaban J connectivity index is 2.05. The fraction of sp³-hybridized carbons (Fsp3) is 0.647. The highest BCUT2D eigenvalue weighted by molar-refractivity contribution is 5.18. The number of hydrogen-bond donors (Lipinski definition) is 1. The van der Waals surface area contributed by atoms with Crippen LogP contribution in [-0.4, -0.2) is 43.8 Å². The van der Waals surface area contributed by atoms with Gasteiger partial charge >= 0.3 is 0 Å². The number of ether oxygens (including phenoxy) is 1. The number of benzene rings is 1. The molecule has 0 radical (unpaired) electrons. The molecule has 0 amide bonds. The van der Waals surface area contributed by atoms with E-state index < -0.39 is 0 Å². The van der Waals surface area contributed by atoms with Crippen LogP contribution in [0.5, 0.6) is 0 Å². The first kappa shape index (κ1) is 15.5. The molecule has 1 aromatic carbocycles. The Kier molecular flexibility index (Phi) is 5.58. The summed E-state index contributed by atoms with van der Waals surface area (Å²) in [7, 11) is 1.80. The van der Waals surface area contributed by atoms with Crippen molar-refractivity contribution >= 4 is 0 Å². The number of nitrogens with zero attached hydrogens (tertiary/aromatic N) is 1. The molecule has 3 nitrogen and oxygen atoms in total. The van der Waals surface area contributed by atoms with Gasteiger partial charge in [-0.05, 0) is 44.2 Å². The predicted octanol–water partition coefficient (Wildman–Crippen LogP) is 2.30. The van der Waals surface area contributed by atoms with Crippen LogP contribution < -0.4 is 5.73 Å². The summed E-state index contributed by atoms with van der Waals surface area (Å²) in [4.78, 5) is 2.58. The highest BCUT2D eigenvalue weighted by atomic mass is 16.5. The van der Waals surface area contributed by atoms with Crippen molar-refractivity contribution in [1.29, 1.82) is 0 Å². The Morgan fingerprint density at radius 3 is 2.75 bits per heavy atom. The Morgan fingerprint density at radius 1 is 1.35 bits per heavy atom. The zero-order valence-electron chi connectivity index (χ0n) is 12.8. The molecule has 1 heterocycles. The number of rotatable bonds is 6. The van der Waals surface area contributed by atoms with Crippen LogP contribution in [0.4, 0.5) is 0 Å². The van der Waals surface area contributed by atoms with E-state index in [1.54, 1.807) is 7.11 Å². The van der Waals surface area contributed by atoms with E-state index in [-0.39, 0.29) is 5.54 Å². The summed E-state index contributed by atoms with van der Waals surface area (Å²) in [5.74, 6) is 0.649. The van der Waals surface area contributed by atoms with Gasteiger partial charge in [0.1, 0.15) is 0 Å². The van der Waals surface area contributed by atoms with Gasteiger partial charge in [0.2, 0.25) is 0 Å². The van der Waals surface area contributed by atoms with E-state index >= 15 is 0 Å². The minimum atomic E-state index is 0.0494. The van der Waals surface area contributed by atoms with Gasteiger partial charge in [0.05, 0.1) is 6.61 Å². The summed E-state index contributed by atoms with van der Waals surface area (Å²) in [6, 6.07) is 10.7. The topological polar surface area (TPSA) is 38.5 Å². The van der Waals surface area contributed by atoms with Gasteiger partial charge in [0.15, 0.2) is 0 Å². The maximum Gasteiger partial charge on any atom is 0.0502 e. The van der Waals surface area contributed by atoms with Crippen molar-refractivity contribution in [3.8, 4) is 0 Å². The van der Waals surface area contributed by atoms with Crippen molar-refractivity contribution in [2.75, 3.05) is 33.4 Å². The number of hydrogen-bond acceptors (Lipinski definition) is 3. The predicted molar refractivity (Wildman–Crippen MR) is 83.8 cm³/mol. The molecule has 20 heavy (non-hydrogen) atoms. The molecule has 0 aromatic heterocycles. The second-order valence-electron chi connectivity index (χ2n) is 6.27. The minimum Gasteiger partial charge on any atom is -0.384 e. The Morgan fingerprint density at radius 2 is 2.10 bits per heavy atom. The Bertz CT molecular complexity index is 393. The number of nitrogens with two attached hydrogens (primary N) is 1. The van der Waals surface area contributed by atoms with Gasteiger partial charge in [-0.1, -0.05) is 30.3 Å². The Labute approximate surface area is 123 Å². The van der Waals surface area contributed by atoms with Gasteiger partial charge < -0.3 is 10.5 Å². The summed E-state index contributed by atoms with van der Waals surface area (Å²) in [5.41, 5.74) is 7.55. The van der Waals surface area contributed by atoms with Crippen molar-refractivity contribution in [3.05, 3.63) is 35.9 Å². The summed E-state index contributed by atoms with van der Waals surface area (Å²) in [5, 5.41) is 0. The fourth-order valence-corrected chi connectivity index (χ4v) is 3.28. The molecule has 0 aliphatic carbocycles. The van der Waals surface area contributed by atoms with Crippen molar-refractivity contribution in [2.45, 2.75) is 31.7 Å². The van der Waals surface area contributed by atoms with E-state index in [1.165, 1.54) is 18.4 Å². The summed E-state index contributed by atoms with van der Waals surface area (Å²) < 4.78 is 5.34. The molecule has 112 valence electrons. The third kappa shape index (κ3) is 3.81. The molecular weight excluding hydrogens is 248 g/mol. The zero-order chi connectivity index (χ0) is 14.4. The summed E-state index contributed by atoms with van der Waals surface area (Å²) in [6.07, 6.45) is 3.54. The first-order valence-corrected chi connectivity index (χ1v) is 7.66. The normalized spacial score (nSPS) is 23.4. The van der Waals surface area contributed by atoms with Crippen molar-refractivity contribution in [2.24, 2.45) is 11.7 Å². The Hall–Kier alpha value is -0.900. The third-order valence-electron chi connectivity index (χ3n) is 4.55. The number of piperidine rings is 1. The van der Waals surface area contributed by atoms with E-state index in [0.717, 1.165) is 26.1 Å². The number of likely N-dealkylation sites (tertiary alicyclic amines) is 1. The summed E-state index contributed by atoms with van der Waals surface area (Å²) in [6.45, 7) is 6.12. The van der Waals surface area contributed by atoms with Gasteiger partial charge in [-0.2, -0.15) is 0 Å². The van der Waals surface area contributed by atoms with Gasteiger partial charge in [0, 0.05) is 25.7 Å². The standard InChI is InChI=1S/C17H28N2O/c1-17(14-18,11-15-7-4-3-5-8-15)19-10-6-9-16(12-19)13-20-2/h3-5,7-8,16H,6,9-14,18H2,1-2H3. The van der Waals surface area contributed by atoms with E-state index in [2.05, 4.69) is 42.2 Å². The molecule has 2 N–H and O–H groups in total. The number of methoxy groups -OCH3 is 1. The minimum absolute atomic E-state index is 0.0494. The third-order valence-corrected chi connectivity index (χ3v) is 4.55. The molecule has 1 aliphatic rings. The van der Waals surface area contributed by atoms with E-state index in [1.807, 2.05) is 0 Å². The lowest BCUT2D eigenvalue weighted by atomic mass is 9.87. The summed E-state index contributed by atoms with van der Waals surface area (Å²) >= 11 is 0. The van der Waals surface area contributed by atoms with Crippen molar-refractivity contribution < 1.29 is 4.74 Å². The lowest BCUT2D eigenvalue weighted by molar-refractivity contribution is 0.0308. The lowest BCUT2D eigenvalue weighted by Gasteiger charge is -2.45. The molecule has 0 bridgehead atoms.